The third kappa shape index (κ3) is 8.46. The van der Waals surface area contributed by atoms with Crippen LogP contribution in [0.3, 0.4) is 0 Å². The minimum absolute atomic E-state index is 0.0371. The first-order chi connectivity index (χ1) is 19.2. The second kappa shape index (κ2) is 14.7. The Balaban J connectivity index is 1.91. The lowest BCUT2D eigenvalue weighted by atomic mass is 10.2. The van der Waals surface area contributed by atoms with Crippen LogP contribution in [-0.4, -0.2) is 113 Å². The van der Waals surface area contributed by atoms with Gasteiger partial charge >= 0.3 is 13.7 Å². The van der Waals surface area contributed by atoms with Crippen LogP contribution in [0.4, 0.5) is 4.79 Å². The zero-order chi connectivity index (χ0) is 29.1. The van der Waals surface area contributed by atoms with E-state index in [0.29, 0.717) is 5.56 Å². The van der Waals surface area contributed by atoms with Gasteiger partial charge in [-0.25, -0.2) is 9.78 Å². The summed E-state index contributed by atoms with van der Waals surface area (Å²) >= 11 is 0. The highest BCUT2D eigenvalue weighted by Crippen LogP contribution is 2.48. The third-order valence-electron chi connectivity index (χ3n) is 5.83. The minimum atomic E-state index is -3.79. The van der Waals surface area contributed by atoms with E-state index in [1.807, 2.05) is 6.07 Å². The van der Waals surface area contributed by atoms with Crippen LogP contribution < -0.4 is 10.1 Å². The quantitative estimate of drug-likeness (QED) is 0.294. The van der Waals surface area contributed by atoms with E-state index in [1.54, 1.807) is 38.1 Å². The average molecular weight is 580 g/mol. The Bertz CT molecular complexity index is 1200. The number of carbonyl (C=O) groups excluding carboxylic acids is 2. The summed E-state index contributed by atoms with van der Waals surface area (Å²) in [5, 5.41) is 21.0. The highest BCUT2D eigenvalue weighted by atomic mass is 31.2. The molecule has 1 fully saturated rings. The maximum atomic E-state index is 13.6. The summed E-state index contributed by atoms with van der Waals surface area (Å²) in [4.78, 5) is 49.5. The number of aliphatic hydroxyl groups is 1. The van der Waals surface area contributed by atoms with Gasteiger partial charge in [0.25, 0.3) is 5.91 Å². The lowest BCUT2D eigenvalue weighted by molar-refractivity contribution is -0.134. The molecule has 3 amide bonds. The fourth-order valence-electron chi connectivity index (χ4n) is 4.00. The number of amides is 3. The van der Waals surface area contributed by atoms with E-state index in [9.17, 15) is 24.1 Å². The fraction of sp³-hybridized carbons (Fsp3) is 0.480. The number of benzene rings is 1. The van der Waals surface area contributed by atoms with Crippen molar-refractivity contribution in [3.63, 3.8) is 0 Å². The lowest BCUT2D eigenvalue weighted by Crippen LogP contribution is -2.56. The SMILES string of the molecule is CCOP(=O)(C[C@H](NC(=O)c1cc(OCCO)nc(-c2ccccc2)n1)C(=O)N1CCN(C(=O)O)CC1)OCC. The molecule has 1 saturated heterocycles. The van der Waals surface area contributed by atoms with E-state index in [0.717, 1.165) is 0 Å². The number of piperazine rings is 1. The van der Waals surface area contributed by atoms with E-state index in [2.05, 4.69) is 15.3 Å². The molecule has 1 aliphatic heterocycles. The van der Waals surface area contributed by atoms with Crippen molar-refractivity contribution in [3.8, 4) is 17.3 Å². The summed E-state index contributed by atoms with van der Waals surface area (Å²) in [6, 6.07) is 8.80. The average Bonchev–Trinajstić information content (AvgIpc) is 2.95. The van der Waals surface area contributed by atoms with Gasteiger partial charge in [0.2, 0.25) is 11.8 Å². The molecular weight excluding hydrogens is 545 g/mol. The standard InChI is InChI=1S/C25H34N5O9P/c1-3-38-40(36,39-4-2)17-20(24(33)29-10-12-30(13-11-29)25(34)35)27-23(32)19-16-21(37-15-14-31)28-22(26-19)18-8-6-5-7-9-18/h5-9,16,20,31H,3-4,10-15,17H2,1-2H3,(H,27,32)(H,34,35)/t20-/m0/s1. The molecule has 0 spiro atoms. The first-order valence-electron chi connectivity index (χ1n) is 12.8. The van der Waals surface area contributed by atoms with E-state index in [1.165, 1.54) is 15.9 Å². The Hall–Kier alpha value is -3.58. The molecule has 2 aromatic rings. The van der Waals surface area contributed by atoms with Gasteiger partial charge in [0.1, 0.15) is 18.3 Å². The van der Waals surface area contributed by atoms with Gasteiger partial charge in [0.15, 0.2) is 5.82 Å². The molecule has 1 aromatic heterocycles. The van der Waals surface area contributed by atoms with Crippen molar-refractivity contribution < 1.29 is 42.9 Å². The summed E-state index contributed by atoms with van der Waals surface area (Å²) < 4.78 is 29.5. The van der Waals surface area contributed by atoms with Gasteiger partial charge in [-0.1, -0.05) is 30.3 Å². The summed E-state index contributed by atoms with van der Waals surface area (Å²) in [7, 11) is -3.79. The molecule has 0 radical (unpaired) electrons. The second-order valence-corrected chi connectivity index (χ2v) is 10.7. The maximum absolute atomic E-state index is 13.6. The Morgan fingerprint density at radius 2 is 1.65 bits per heavy atom. The number of carboxylic acid groups (broad SMARTS) is 1. The molecule has 3 rings (SSSR count). The van der Waals surface area contributed by atoms with E-state index >= 15 is 0 Å². The number of ether oxygens (including phenoxy) is 1. The second-order valence-electron chi connectivity index (χ2n) is 8.60. The molecule has 14 nitrogen and oxygen atoms in total. The molecule has 218 valence electrons. The molecule has 1 aliphatic rings. The molecule has 0 bridgehead atoms. The van der Waals surface area contributed by atoms with Crippen molar-refractivity contribution >= 4 is 25.5 Å². The Morgan fingerprint density at radius 1 is 1.02 bits per heavy atom. The van der Waals surface area contributed by atoms with Crippen LogP contribution in [0.15, 0.2) is 36.4 Å². The fourth-order valence-corrected chi connectivity index (χ4v) is 5.76. The van der Waals surface area contributed by atoms with Crippen LogP contribution >= 0.6 is 7.60 Å². The number of hydrogen-bond acceptors (Lipinski definition) is 10. The summed E-state index contributed by atoms with van der Waals surface area (Å²) in [5.74, 6) is -1.11. The molecule has 15 heteroatoms. The number of nitrogens with zero attached hydrogens (tertiary/aromatic N) is 4. The van der Waals surface area contributed by atoms with Crippen LogP contribution in [0, 0.1) is 0 Å². The molecule has 40 heavy (non-hydrogen) atoms. The molecule has 0 aliphatic carbocycles. The number of carbonyl (C=O) groups is 3. The maximum Gasteiger partial charge on any atom is 0.407 e. The van der Waals surface area contributed by atoms with Gasteiger partial charge < -0.3 is 39.1 Å². The van der Waals surface area contributed by atoms with E-state index in [4.69, 9.17) is 18.9 Å². The van der Waals surface area contributed by atoms with Gasteiger partial charge in [-0.2, -0.15) is 4.98 Å². The number of aromatic nitrogens is 2. The van der Waals surface area contributed by atoms with Crippen molar-refractivity contribution in [1.82, 2.24) is 25.1 Å². The number of nitrogens with one attached hydrogen (secondary N) is 1. The molecule has 0 saturated carbocycles. The highest BCUT2D eigenvalue weighted by molar-refractivity contribution is 7.54. The molecular formula is C25H34N5O9P. The topological polar surface area (TPSA) is 181 Å². The van der Waals surface area contributed by atoms with Crippen molar-refractivity contribution in [2.24, 2.45) is 0 Å². The lowest BCUT2D eigenvalue weighted by Gasteiger charge is -2.35. The van der Waals surface area contributed by atoms with Crippen molar-refractivity contribution in [3.05, 3.63) is 42.1 Å². The van der Waals surface area contributed by atoms with Gasteiger partial charge in [-0.15, -0.1) is 0 Å². The van der Waals surface area contributed by atoms with E-state index < -0.39 is 37.7 Å². The Kier molecular flexibility index (Phi) is 11.4. The first kappa shape index (κ1) is 31.0. The van der Waals surface area contributed by atoms with Gasteiger partial charge in [0, 0.05) is 37.8 Å². The Labute approximate surface area is 231 Å². The zero-order valence-electron chi connectivity index (χ0n) is 22.4. The predicted octanol–water partition coefficient (Wildman–Crippen LogP) is 1.70. The van der Waals surface area contributed by atoms with Crippen LogP contribution in [0.1, 0.15) is 24.3 Å². The summed E-state index contributed by atoms with van der Waals surface area (Å²) in [6.45, 7) is 3.40. The first-order valence-corrected chi connectivity index (χ1v) is 14.6. The van der Waals surface area contributed by atoms with Crippen LogP contribution in [0.2, 0.25) is 0 Å². The normalized spacial score (nSPS) is 14.5. The van der Waals surface area contributed by atoms with E-state index in [-0.39, 0.29) is 70.0 Å². The summed E-state index contributed by atoms with van der Waals surface area (Å²) in [6.07, 6.45) is -1.53. The van der Waals surface area contributed by atoms with Gasteiger partial charge in [-0.05, 0) is 13.8 Å². The monoisotopic (exact) mass is 579 g/mol. The largest absolute Gasteiger partial charge is 0.475 e. The number of rotatable bonds is 13. The van der Waals surface area contributed by atoms with Crippen LogP contribution in [0.5, 0.6) is 5.88 Å². The molecule has 2 heterocycles. The van der Waals surface area contributed by atoms with Crippen LogP contribution in [0.25, 0.3) is 11.4 Å². The van der Waals surface area contributed by atoms with Gasteiger partial charge in [0.05, 0.1) is 26.0 Å². The summed E-state index contributed by atoms with van der Waals surface area (Å²) in [5.41, 5.74) is 0.477. The van der Waals surface area contributed by atoms with Crippen molar-refractivity contribution in [2.45, 2.75) is 19.9 Å². The van der Waals surface area contributed by atoms with Crippen molar-refractivity contribution in [1.29, 1.82) is 0 Å². The molecule has 1 aromatic carbocycles. The Morgan fingerprint density at radius 3 is 2.23 bits per heavy atom. The molecule has 1 atom stereocenters. The third-order valence-corrected chi connectivity index (χ3v) is 7.95. The smallest absolute Gasteiger partial charge is 0.407 e. The number of hydrogen-bond donors (Lipinski definition) is 3. The number of aliphatic hydroxyl groups excluding tert-OH is 1. The molecule has 3 N–H and O–H groups in total. The van der Waals surface area contributed by atoms with Crippen molar-refractivity contribution in [2.75, 3.05) is 58.8 Å². The predicted molar refractivity (Wildman–Crippen MR) is 143 cm³/mol. The highest BCUT2D eigenvalue weighted by Gasteiger charge is 2.37. The zero-order valence-corrected chi connectivity index (χ0v) is 23.3. The van der Waals surface area contributed by atoms with Crippen LogP contribution in [-0.2, 0) is 18.4 Å². The van der Waals surface area contributed by atoms with Gasteiger partial charge in [-0.3, -0.25) is 14.2 Å². The molecule has 0 unspecified atom stereocenters. The minimum Gasteiger partial charge on any atom is -0.475 e.